The highest BCUT2D eigenvalue weighted by atomic mass is 14.5. The molecule has 2 saturated carbocycles. The van der Waals surface area contributed by atoms with Gasteiger partial charge in [-0.05, 0) is 84.1 Å². The summed E-state index contributed by atoms with van der Waals surface area (Å²) in [6.45, 7) is 4.64. The summed E-state index contributed by atoms with van der Waals surface area (Å²) in [5.74, 6) is 1.00. The Kier molecular flexibility index (Phi) is 5.99. The number of fused-ring (bicyclic) bond motifs is 2. The van der Waals surface area contributed by atoms with E-state index in [0.29, 0.717) is 11.8 Å². The number of rotatable bonds is 4. The van der Waals surface area contributed by atoms with Gasteiger partial charge >= 0.3 is 0 Å². The van der Waals surface area contributed by atoms with E-state index < -0.39 is 0 Å². The minimum absolute atomic E-state index is 0.223. The van der Waals surface area contributed by atoms with E-state index in [1.54, 1.807) is 22.3 Å². The van der Waals surface area contributed by atoms with Crippen LogP contribution in [0.25, 0.3) is 11.1 Å². The molecule has 0 N–H and O–H groups in total. The van der Waals surface area contributed by atoms with Crippen LogP contribution in [0.2, 0.25) is 0 Å². The van der Waals surface area contributed by atoms with Gasteiger partial charge in [-0.3, -0.25) is 0 Å². The van der Waals surface area contributed by atoms with Crippen molar-refractivity contribution < 1.29 is 0 Å². The van der Waals surface area contributed by atoms with Crippen LogP contribution in [-0.2, 0) is 10.8 Å². The van der Waals surface area contributed by atoms with Gasteiger partial charge in [-0.25, -0.2) is 0 Å². The SMILES string of the molecule is CC1=CC(C2(c3ccc(C4(C5C=C(C)c6ccccc65)CCCCC4)cc3)CCCCC2)c2ccccc21. The van der Waals surface area contributed by atoms with Gasteiger partial charge in [0.05, 0.1) is 0 Å². The van der Waals surface area contributed by atoms with Crippen LogP contribution in [0.1, 0.15) is 123 Å². The monoisotopic (exact) mass is 498 g/mol. The van der Waals surface area contributed by atoms with Crippen LogP contribution in [0.15, 0.2) is 84.9 Å². The van der Waals surface area contributed by atoms with Gasteiger partial charge in [0.25, 0.3) is 0 Å². The third-order valence-corrected chi connectivity index (χ3v) is 11.0. The predicted octanol–water partition coefficient (Wildman–Crippen LogP) is 10.5. The zero-order valence-corrected chi connectivity index (χ0v) is 23.3. The molecule has 4 aliphatic carbocycles. The fourth-order valence-electron chi connectivity index (χ4n) is 9.09. The normalized spacial score (nSPS) is 25.3. The molecule has 3 aromatic carbocycles. The first-order valence-corrected chi connectivity index (χ1v) is 15.3. The van der Waals surface area contributed by atoms with Crippen LogP contribution in [0.3, 0.4) is 0 Å². The van der Waals surface area contributed by atoms with Gasteiger partial charge < -0.3 is 0 Å². The van der Waals surface area contributed by atoms with E-state index in [2.05, 4.69) is 98.8 Å². The second-order valence-electron chi connectivity index (χ2n) is 12.8. The van der Waals surface area contributed by atoms with E-state index in [9.17, 15) is 0 Å². The van der Waals surface area contributed by atoms with E-state index in [1.165, 1.54) is 86.5 Å². The molecule has 2 unspecified atom stereocenters. The Balaban J connectivity index is 1.30. The molecule has 0 saturated heterocycles. The Morgan fingerprint density at radius 2 is 0.842 bits per heavy atom. The van der Waals surface area contributed by atoms with Crippen molar-refractivity contribution in [1.82, 2.24) is 0 Å². The lowest BCUT2D eigenvalue weighted by molar-refractivity contribution is 0.263. The summed E-state index contributed by atoms with van der Waals surface area (Å²) in [5.41, 5.74) is 12.6. The largest absolute Gasteiger partial charge is 0.0725 e. The van der Waals surface area contributed by atoms with Gasteiger partial charge in [0, 0.05) is 22.7 Å². The van der Waals surface area contributed by atoms with Crippen LogP contribution >= 0.6 is 0 Å². The summed E-state index contributed by atoms with van der Waals surface area (Å²) < 4.78 is 0. The van der Waals surface area contributed by atoms with Crippen molar-refractivity contribution in [2.45, 2.75) is 101 Å². The van der Waals surface area contributed by atoms with Gasteiger partial charge in [-0.1, -0.05) is 123 Å². The number of allylic oxidation sites excluding steroid dienone is 4. The Labute approximate surface area is 229 Å². The van der Waals surface area contributed by atoms with Crippen LogP contribution < -0.4 is 0 Å². The summed E-state index contributed by atoms with van der Waals surface area (Å²) in [6, 6.07) is 28.7. The van der Waals surface area contributed by atoms with Crippen LogP contribution in [0, 0.1) is 0 Å². The molecule has 0 aliphatic heterocycles. The summed E-state index contributed by atoms with van der Waals surface area (Å²) in [4.78, 5) is 0. The van der Waals surface area contributed by atoms with E-state index >= 15 is 0 Å². The van der Waals surface area contributed by atoms with Crippen LogP contribution in [-0.4, -0.2) is 0 Å². The summed E-state index contributed by atoms with van der Waals surface area (Å²) in [5, 5.41) is 0. The molecule has 7 rings (SSSR count). The molecule has 0 bridgehead atoms. The maximum absolute atomic E-state index is 2.61. The molecule has 0 radical (unpaired) electrons. The van der Waals surface area contributed by atoms with Gasteiger partial charge in [0.15, 0.2) is 0 Å². The van der Waals surface area contributed by atoms with Crippen LogP contribution in [0.4, 0.5) is 0 Å². The Morgan fingerprint density at radius 1 is 0.474 bits per heavy atom. The van der Waals surface area contributed by atoms with Gasteiger partial charge in [-0.15, -0.1) is 0 Å². The van der Waals surface area contributed by atoms with Crippen molar-refractivity contribution in [3.63, 3.8) is 0 Å². The van der Waals surface area contributed by atoms with Gasteiger partial charge in [-0.2, -0.15) is 0 Å². The molecule has 4 aliphatic rings. The quantitative estimate of drug-likeness (QED) is 0.335. The number of hydrogen-bond acceptors (Lipinski definition) is 0. The zero-order chi connectivity index (χ0) is 25.7. The molecule has 0 amide bonds. The fraction of sp³-hybridized carbons (Fsp3) is 0.421. The highest BCUT2D eigenvalue weighted by molar-refractivity contribution is 5.75. The predicted molar refractivity (Wildman–Crippen MR) is 162 cm³/mol. The summed E-state index contributed by atoms with van der Waals surface area (Å²) >= 11 is 0. The van der Waals surface area contributed by atoms with E-state index in [4.69, 9.17) is 0 Å². The molecule has 194 valence electrons. The van der Waals surface area contributed by atoms with Crippen molar-refractivity contribution >= 4 is 11.1 Å². The lowest BCUT2D eigenvalue weighted by Gasteiger charge is -2.45. The maximum atomic E-state index is 2.61. The summed E-state index contributed by atoms with van der Waals surface area (Å²) in [6.07, 6.45) is 18.6. The Morgan fingerprint density at radius 3 is 1.24 bits per heavy atom. The van der Waals surface area contributed by atoms with Crippen molar-refractivity contribution in [2.24, 2.45) is 0 Å². The van der Waals surface area contributed by atoms with Crippen molar-refractivity contribution in [3.8, 4) is 0 Å². The van der Waals surface area contributed by atoms with Gasteiger partial charge in [0.1, 0.15) is 0 Å². The van der Waals surface area contributed by atoms with Crippen LogP contribution in [0.5, 0.6) is 0 Å². The third kappa shape index (κ3) is 3.63. The van der Waals surface area contributed by atoms with E-state index in [0.717, 1.165) is 0 Å². The van der Waals surface area contributed by atoms with E-state index in [1.807, 2.05) is 0 Å². The van der Waals surface area contributed by atoms with E-state index in [-0.39, 0.29) is 10.8 Å². The highest BCUT2D eigenvalue weighted by Crippen LogP contribution is 2.57. The first kappa shape index (κ1) is 24.2. The molecule has 0 heterocycles. The molecular weight excluding hydrogens is 456 g/mol. The average molecular weight is 499 g/mol. The second-order valence-corrected chi connectivity index (χ2v) is 12.8. The zero-order valence-electron chi connectivity index (χ0n) is 23.3. The Bertz CT molecular complexity index is 1280. The molecule has 2 fully saturated rings. The lowest BCUT2D eigenvalue weighted by atomic mass is 9.59. The smallest absolute Gasteiger partial charge is 0.0127 e. The number of benzene rings is 3. The molecule has 0 nitrogen and oxygen atoms in total. The fourth-order valence-corrected chi connectivity index (χ4v) is 9.09. The molecule has 38 heavy (non-hydrogen) atoms. The van der Waals surface area contributed by atoms with Gasteiger partial charge in [0.2, 0.25) is 0 Å². The molecule has 0 aromatic heterocycles. The first-order chi connectivity index (χ1) is 18.6. The number of hydrogen-bond donors (Lipinski definition) is 0. The molecular formula is C38H42. The third-order valence-electron chi connectivity index (χ3n) is 11.0. The van der Waals surface area contributed by atoms with Crippen molar-refractivity contribution in [1.29, 1.82) is 0 Å². The summed E-state index contributed by atoms with van der Waals surface area (Å²) in [7, 11) is 0. The standard InChI is InChI=1S/C38H42/c1-27-25-35(33-15-7-5-13-31(27)33)37(21-9-3-10-22-37)29-17-19-30(20-18-29)38(23-11-4-12-24-38)36-26-28(2)32-14-6-8-16-34(32)36/h5-8,13-20,25-26,35-36H,3-4,9-12,21-24H2,1-2H3. The highest BCUT2D eigenvalue weighted by Gasteiger charge is 2.46. The maximum Gasteiger partial charge on any atom is 0.0127 e. The molecule has 0 spiro atoms. The average Bonchev–Trinajstić information content (AvgIpc) is 3.51. The van der Waals surface area contributed by atoms with Crippen molar-refractivity contribution in [2.75, 3.05) is 0 Å². The lowest BCUT2D eigenvalue weighted by Crippen LogP contribution is -2.36. The Hall–Kier alpha value is -2.86. The minimum atomic E-state index is 0.223. The first-order valence-electron chi connectivity index (χ1n) is 15.3. The minimum Gasteiger partial charge on any atom is -0.0725 e. The molecule has 2 atom stereocenters. The van der Waals surface area contributed by atoms with Crippen molar-refractivity contribution in [3.05, 3.63) is 118 Å². The topological polar surface area (TPSA) is 0 Å². The second kappa shape index (κ2) is 9.41. The molecule has 0 heteroatoms. The molecule has 3 aromatic rings.